The second-order valence-corrected chi connectivity index (χ2v) is 5.24. The molecule has 0 aliphatic rings. The Morgan fingerprint density at radius 2 is 2.32 bits per heavy atom. The van der Waals surface area contributed by atoms with Gasteiger partial charge in [0.1, 0.15) is 0 Å². The molecular weight excluding hydrogens is 324 g/mol. The summed E-state index contributed by atoms with van der Waals surface area (Å²) in [6, 6.07) is 7.30. The van der Waals surface area contributed by atoms with Crippen molar-refractivity contribution in [1.82, 2.24) is 30.2 Å². The van der Waals surface area contributed by atoms with Crippen molar-refractivity contribution in [2.24, 2.45) is 0 Å². The molecule has 25 heavy (non-hydrogen) atoms. The Kier molecular flexibility index (Phi) is 4.95. The molecule has 0 spiro atoms. The second-order valence-electron chi connectivity index (χ2n) is 5.24. The third kappa shape index (κ3) is 3.96. The number of aliphatic hydroxyl groups is 1. The number of carbonyl (C=O) groups excluding carboxylic acids is 1. The summed E-state index contributed by atoms with van der Waals surface area (Å²) in [4.78, 5) is 16.8. The van der Waals surface area contributed by atoms with E-state index < -0.39 is 0 Å². The molecule has 0 aromatic carbocycles. The molecule has 9 nitrogen and oxygen atoms in total. The van der Waals surface area contributed by atoms with Crippen LogP contribution in [-0.2, 0) is 17.9 Å². The number of H-pyrrole nitrogens is 1. The Morgan fingerprint density at radius 1 is 1.44 bits per heavy atom. The number of aliphatic hydroxyl groups excluding tert-OH is 1. The number of aromatic amines is 1. The van der Waals surface area contributed by atoms with Crippen molar-refractivity contribution in [3.05, 3.63) is 65.5 Å². The second kappa shape index (κ2) is 7.49. The van der Waals surface area contributed by atoms with Gasteiger partial charge in [0.05, 0.1) is 24.5 Å². The van der Waals surface area contributed by atoms with Crippen LogP contribution in [0.3, 0.4) is 0 Å². The van der Waals surface area contributed by atoms with Gasteiger partial charge in [0, 0.05) is 25.6 Å². The summed E-state index contributed by atoms with van der Waals surface area (Å²) in [6.45, 7) is 0.790. The van der Waals surface area contributed by atoms with E-state index in [2.05, 4.69) is 25.6 Å². The van der Waals surface area contributed by atoms with E-state index in [1.54, 1.807) is 23.9 Å². The average molecular weight is 340 g/mol. The minimum absolute atomic E-state index is 0.0479. The molecule has 2 N–H and O–H groups in total. The summed E-state index contributed by atoms with van der Waals surface area (Å²) in [5.74, 6) is -0.800. The molecule has 0 saturated carbocycles. The normalized spacial score (nSPS) is 11.6. The third-order valence-electron chi connectivity index (χ3n) is 3.42. The van der Waals surface area contributed by atoms with Gasteiger partial charge < -0.3 is 14.4 Å². The fraction of sp³-hybridized carbons (Fsp3) is 0.188. The number of rotatable bonds is 7. The minimum atomic E-state index is -0.388. The number of hydrogen-bond acceptors (Lipinski definition) is 7. The molecule has 3 heterocycles. The number of ether oxygens (including phenoxy) is 1. The highest BCUT2D eigenvalue weighted by Crippen LogP contribution is 2.15. The van der Waals surface area contributed by atoms with Gasteiger partial charge in [0.25, 0.3) is 0 Å². The molecule has 0 aliphatic heterocycles. The summed E-state index contributed by atoms with van der Waals surface area (Å²) in [7, 11) is 1.58. The predicted octanol–water partition coefficient (Wildman–Crippen LogP) is 1.37. The van der Waals surface area contributed by atoms with Crippen LogP contribution in [0.25, 0.3) is 5.76 Å². The lowest BCUT2D eigenvalue weighted by molar-refractivity contribution is 0.103. The zero-order valence-electron chi connectivity index (χ0n) is 13.5. The number of methoxy groups -OCH3 is 1. The number of pyridine rings is 1. The van der Waals surface area contributed by atoms with E-state index in [9.17, 15) is 9.90 Å². The Morgan fingerprint density at radius 3 is 3.00 bits per heavy atom. The molecule has 3 aromatic rings. The van der Waals surface area contributed by atoms with E-state index in [-0.39, 0.29) is 17.4 Å². The summed E-state index contributed by atoms with van der Waals surface area (Å²) >= 11 is 0. The minimum Gasteiger partial charge on any atom is -0.504 e. The summed E-state index contributed by atoms with van der Waals surface area (Å²) in [5, 5.41) is 22.8. The number of nitrogens with one attached hydrogen (secondary N) is 1. The van der Waals surface area contributed by atoms with Crippen LogP contribution in [-0.4, -0.2) is 48.2 Å². The van der Waals surface area contributed by atoms with Gasteiger partial charge in [-0.1, -0.05) is 6.07 Å². The first-order valence-electron chi connectivity index (χ1n) is 7.44. The van der Waals surface area contributed by atoms with E-state index in [1.165, 1.54) is 0 Å². The van der Waals surface area contributed by atoms with Crippen molar-refractivity contribution < 1.29 is 14.6 Å². The maximum Gasteiger partial charge on any atom is 0.239 e. The molecule has 0 unspecified atom stereocenters. The number of tetrazole rings is 1. The molecular formula is C16H16N6O3. The molecule has 9 heteroatoms. The van der Waals surface area contributed by atoms with Crippen LogP contribution < -0.4 is 0 Å². The summed E-state index contributed by atoms with van der Waals surface area (Å²) in [5.41, 5.74) is 2.05. The molecule has 0 aliphatic carbocycles. The fourth-order valence-electron chi connectivity index (χ4n) is 2.35. The van der Waals surface area contributed by atoms with E-state index in [1.807, 2.05) is 24.4 Å². The van der Waals surface area contributed by atoms with Gasteiger partial charge in [-0.15, -0.1) is 10.2 Å². The maximum absolute atomic E-state index is 12.6. The zero-order chi connectivity index (χ0) is 17.6. The van der Waals surface area contributed by atoms with Gasteiger partial charge in [-0.3, -0.25) is 9.78 Å². The van der Waals surface area contributed by atoms with E-state index in [4.69, 9.17) is 4.74 Å². The first-order valence-corrected chi connectivity index (χ1v) is 7.44. The lowest BCUT2D eigenvalue weighted by atomic mass is 10.2. The largest absolute Gasteiger partial charge is 0.504 e. The molecule has 0 atom stereocenters. The van der Waals surface area contributed by atoms with Crippen LogP contribution in [0.2, 0.25) is 0 Å². The molecule has 3 aromatic heterocycles. The summed E-state index contributed by atoms with van der Waals surface area (Å²) in [6.07, 6.45) is 4.58. The van der Waals surface area contributed by atoms with Crippen molar-refractivity contribution in [2.45, 2.75) is 13.2 Å². The average Bonchev–Trinajstić information content (AvgIpc) is 3.26. The van der Waals surface area contributed by atoms with Crippen LogP contribution in [0.15, 0.2) is 42.7 Å². The van der Waals surface area contributed by atoms with Crippen molar-refractivity contribution >= 4 is 11.5 Å². The van der Waals surface area contributed by atoms with Crippen LogP contribution >= 0.6 is 0 Å². The highest BCUT2D eigenvalue weighted by atomic mass is 16.5. The van der Waals surface area contributed by atoms with Gasteiger partial charge >= 0.3 is 0 Å². The highest BCUT2D eigenvalue weighted by molar-refractivity contribution is 6.06. The quantitative estimate of drug-likeness (QED) is 0.379. The van der Waals surface area contributed by atoms with E-state index in [0.717, 1.165) is 17.3 Å². The molecule has 0 saturated heterocycles. The van der Waals surface area contributed by atoms with Crippen molar-refractivity contribution in [3.8, 4) is 0 Å². The molecule has 0 fully saturated rings. The van der Waals surface area contributed by atoms with Crippen LogP contribution in [0.1, 0.15) is 27.6 Å². The van der Waals surface area contributed by atoms with Crippen LogP contribution in [0, 0.1) is 0 Å². The first-order chi connectivity index (χ1) is 12.2. The summed E-state index contributed by atoms with van der Waals surface area (Å²) < 4.78 is 6.89. The number of hydrogen-bond donors (Lipinski definition) is 2. The topological polar surface area (TPSA) is 119 Å². The van der Waals surface area contributed by atoms with Crippen molar-refractivity contribution in [1.29, 1.82) is 0 Å². The Balaban J connectivity index is 1.90. The first kappa shape index (κ1) is 16.5. The zero-order valence-corrected chi connectivity index (χ0v) is 13.5. The number of aromatic nitrogens is 6. The van der Waals surface area contributed by atoms with Crippen LogP contribution in [0.4, 0.5) is 0 Å². The Hall–Kier alpha value is -3.33. The SMILES string of the molecule is COCc1cc(C(=O)C=C(O)c2nn[nH]n2)n(Cc2ccccn2)c1. The standard InChI is InChI=1S/C16H16N6O3/c1-25-10-11-6-13(14(23)7-15(24)16-18-20-21-19-16)22(8-11)9-12-4-2-3-5-17-12/h2-8,24H,9-10H2,1H3,(H,18,19,20,21). The molecule has 0 radical (unpaired) electrons. The Labute approximate surface area is 143 Å². The number of nitrogens with zero attached hydrogens (tertiary/aromatic N) is 5. The van der Waals surface area contributed by atoms with Gasteiger partial charge in [0.15, 0.2) is 5.76 Å². The number of carbonyl (C=O) groups is 1. The highest BCUT2D eigenvalue weighted by Gasteiger charge is 2.15. The molecule has 0 bridgehead atoms. The Bertz CT molecular complexity index is 871. The van der Waals surface area contributed by atoms with Crippen molar-refractivity contribution in [3.63, 3.8) is 0 Å². The lowest BCUT2D eigenvalue weighted by Gasteiger charge is -2.06. The maximum atomic E-state index is 12.6. The molecule has 128 valence electrons. The van der Waals surface area contributed by atoms with Crippen molar-refractivity contribution in [2.75, 3.05) is 7.11 Å². The van der Waals surface area contributed by atoms with E-state index >= 15 is 0 Å². The van der Waals surface area contributed by atoms with Gasteiger partial charge in [0.2, 0.25) is 11.6 Å². The third-order valence-corrected chi connectivity index (χ3v) is 3.42. The molecule has 0 amide bonds. The van der Waals surface area contributed by atoms with Gasteiger partial charge in [-0.2, -0.15) is 5.21 Å². The number of ketones is 1. The molecule has 3 rings (SSSR count). The van der Waals surface area contributed by atoms with Crippen LogP contribution in [0.5, 0.6) is 0 Å². The fourth-order valence-corrected chi connectivity index (χ4v) is 2.35. The predicted molar refractivity (Wildman–Crippen MR) is 87.6 cm³/mol. The van der Waals surface area contributed by atoms with E-state index in [0.29, 0.717) is 18.8 Å². The lowest BCUT2D eigenvalue weighted by Crippen LogP contribution is -2.09. The van der Waals surface area contributed by atoms with Gasteiger partial charge in [-0.25, -0.2) is 0 Å². The number of allylic oxidation sites excluding steroid dienone is 1. The van der Waals surface area contributed by atoms with Gasteiger partial charge in [-0.05, 0) is 29.0 Å². The monoisotopic (exact) mass is 340 g/mol. The smallest absolute Gasteiger partial charge is 0.239 e.